The smallest absolute Gasteiger partial charge is 0.288 e. The molecule has 1 saturated heterocycles. The Morgan fingerprint density at radius 3 is 3.24 bits per heavy atom. The van der Waals surface area contributed by atoms with Gasteiger partial charge in [-0.15, -0.1) is 5.10 Å². The van der Waals surface area contributed by atoms with Crippen LogP contribution in [0.25, 0.3) is 0 Å². The maximum absolute atomic E-state index is 11.6. The van der Waals surface area contributed by atoms with Crippen LogP contribution in [0.1, 0.15) is 10.6 Å². The summed E-state index contributed by atoms with van der Waals surface area (Å²) in [7, 11) is 2.02. The van der Waals surface area contributed by atoms with Crippen LogP contribution in [0.4, 0.5) is 5.95 Å². The second-order valence-corrected chi connectivity index (χ2v) is 4.01. The van der Waals surface area contributed by atoms with Crippen LogP contribution >= 0.6 is 0 Å². The molecule has 1 atom stereocenters. The molecule has 1 aliphatic heterocycles. The molecule has 1 aliphatic rings. The first-order valence-corrected chi connectivity index (χ1v) is 5.41. The van der Waals surface area contributed by atoms with Crippen molar-refractivity contribution in [1.29, 1.82) is 0 Å². The maximum Gasteiger partial charge on any atom is 0.288 e. The number of likely N-dealkylation sites (N-methyl/N-ethyl adjacent to an activating group) is 1. The van der Waals surface area contributed by atoms with Gasteiger partial charge < -0.3 is 20.7 Å². The molecule has 1 fully saturated rings. The Labute approximate surface area is 98.5 Å². The first-order chi connectivity index (χ1) is 8.15. The van der Waals surface area contributed by atoms with Crippen molar-refractivity contribution in [3.05, 3.63) is 5.82 Å². The van der Waals surface area contributed by atoms with Gasteiger partial charge in [-0.2, -0.15) is 4.98 Å². The highest BCUT2D eigenvalue weighted by Gasteiger charge is 2.19. The third kappa shape index (κ3) is 3.14. The number of anilines is 1. The molecule has 1 amide bonds. The van der Waals surface area contributed by atoms with E-state index in [0.717, 1.165) is 13.1 Å². The molecule has 2 heterocycles. The average Bonchev–Trinajstić information content (AvgIpc) is 2.73. The number of H-pyrrole nitrogens is 1. The highest BCUT2D eigenvalue weighted by molar-refractivity contribution is 5.90. The number of rotatable bonds is 3. The lowest BCUT2D eigenvalue weighted by molar-refractivity contribution is -0.0175. The first-order valence-electron chi connectivity index (χ1n) is 5.41. The first kappa shape index (κ1) is 11.8. The fourth-order valence-electron chi connectivity index (χ4n) is 1.66. The van der Waals surface area contributed by atoms with Crippen LogP contribution in [0.2, 0.25) is 0 Å². The SMILES string of the molecule is CN1CCOC(CNC(=O)c2nc(N)n[nH]2)C1. The monoisotopic (exact) mass is 240 g/mol. The van der Waals surface area contributed by atoms with E-state index >= 15 is 0 Å². The van der Waals surface area contributed by atoms with Gasteiger partial charge in [0.05, 0.1) is 12.7 Å². The molecule has 0 aromatic carbocycles. The van der Waals surface area contributed by atoms with E-state index in [1.807, 2.05) is 7.05 Å². The van der Waals surface area contributed by atoms with E-state index in [9.17, 15) is 4.79 Å². The topological polar surface area (TPSA) is 109 Å². The number of carbonyl (C=O) groups is 1. The van der Waals surface area contributed by atoms with Gasteiger partial charge >= 0.3 is 0 Å². The van der Waals surface area contributed by atoms with Crippen LogP contribution in [0.15, 0.2) is 0 Å². The van der Waals surface area contributed by atoms with Crippen molar-refractivity contribution in [1.82, 2.24) is 25.4 Å². The Hall–Kier alpha value is -1.67. The molecule has 2 rings (SSSR count). The van der Waals surface area contributed by atoms with Gasteiger partial charge in [0.1, 0.15) is 0 Å². The van der Waals surface area contributed by atoms with E-state index in [1.54, 1.807) is 0 Å². The van der Waals surface area contributed by atoms with E-state index in [1.165, 1.54) is 0 Å². The van der Waals surface area contributed by atoms with Crippen molar-refractivity contribution >= 4 is 11.9 Å². The summed E-state index contributed by atoms with van der Waals surface area (Å²) in [5.74, 6) is -0.151. The van der Waals surface area contributed by atoms with Crippen LogP contribution in [0.5, 0.6) is 0 Å². The minimum absolute atomic E-state index is 0.0120. The van der Waals surface area contributed by atoms with Gasteiger partial charge in [-0.05, 0) is 7.05 Å². The molecule has 0 saturated carbocycles. The fourth-order valence-corrected chi connectivity index (χ4v) is 1.66. The number of nitrogens with one attached hydrogen (secondary N) is 2. The molecule has 1 aromatic heterocycles. The van der Waals surface area contributed by atoms with Crippen molar-refractivity contribution in [3.63, 3.8) is 0 Å². The number of nitrogen functional groups attached to an aromatic ring is 1. The van der Waals surface area contributed by atoms with E-state index in [-0.39, 0.29) is 23.8 Å². The number of hydrogen-bond donors (Lipinski definition) is 3. The number of aromatic amines is 1. The zero-order valence-electron chi connectivity index (χ0n) is 9.64. The predicted molar refractivity (Wildman–Crippen MR) is 60.4 cm³/mol. The minimum Gasteiger partial charge on any atom is -0.374 e. The van der Waals surface area contributed by atoms with Gasteiger partial charge in [0, 0.05) is 19.6 Å². The summed E-state index contributed by atoms with van der Waals surface area (Å²) in [6.45, 7) is 2.86. The van der Waals surface area contributed by atoms with Crippen LogP contribution in [-0.2, 0) is 4.74 Å². The number of morpholine rings is 1. The summed E-state index contributed by atoms with van der Waals surface area (Å²) in [4.78, 5) is 17.5. The van der Waals surface area contributed by atoms with Gasteiger partial charge in [-0.3, -0.25) is 9.89 Å². The molecule has 0 bridgehead atoms. The molecule has 17 heavy (non-hydrogen) atoms. The Morgan fingerprint density at radius 1 is 1.76 bits per heavy atom. The van der Waals surface area contributed by atoms with Crippen LogP contribution in [0.3, 0.4) is 0 Å². The van der Waals surface area contributed by atoms with E-state index < -0.39 is 0 Å². The second-order valence-electron chi connectivity index (χ2n) is 4.01. The maximum atomic E-state index is 11.6. The molecule has 0 aliphatic carbocycles. The number of amides is 1. The molecule has 8 nitrogen and oxygen atoms in total. The number of carbonyl (C=O) groups excluding carboxylic acids is 1. The molecule has 4 N–H and O–H groups in total. The van der Waals surface area contributed by atoms with Gasteiger partial charge in [-0.1, -0.05) is 0 Å². The van der Waals surface area contributed by atoms with Crippen LogP contribution in [-0.4, -0.2) is 65.4 Å². The summed E-state index contributed by atoms with van der Waals surface area (Å²) in [6.07, 6.45) is 0.0120. The summed E-state index contributed by atoms with van der Waals surface area (Å²) in [5.41, 5.74) is 5.31. The molecular formula is C9H16N6O2. The van der Waals surface area contributed by atoms with Crippen LogP contribution in [0, 0.1) is 0 Å². The normalized spacial score (nSPS) is 21.4. The van der Waals surface area contributed by atoms with Crippen molar-refractivity contribution in [2.45, 2.75) is 6.10 Å². The number of nitrogens with two attached hydrogens (primary N) is 1. The lowest BCUT2D eigenvalue weighted by atomic mass is 10.3. The Balaban J connectivity index is 1.80. The largest absolute Gasteiger partial charge is 0.374 e. The van der Waals surface area contributed by atoms with Crippen LogP contribution < -0.4 is 11.1 Å². The quantitative estimate of drug-likeness (QED) is 0.590. The van der Waals surface area contributed by atoms with Gasteiger partial charge in [0.2, 0.25) is 11.8 Å². The minimum atomic E-state index is -0.328. The molecule has 1 aromatic rings. The third-order valence-corrected chi connectivity index (χ3v) is 2.55. The molecule has 94 valence electrons. The van der Waals surface area contributed by atoms with E-state index in [0.29, 0.717) is 13.2 Å². The van der Waals surface area contributed by atoms with E-state index in [4.69, 9.17) is 10.5 Å². The number of hydrogen-bond acceptors (Lipinski definition) is 6. The molecule has 0 spiro atoms. The Bertz CT molecular complexity index is 393. The van der Waals surface area contributed by atoms with Gasteiger partial charge in [0.15, 0.2) is 0 Å². The second kappa shape index (κ2) is 5.11. The number of aromatic nitrogens is 3. The van der Waals surface area contributed by atoms with Crippen molar-refractivity contribution in [2.24, 2.45) is 0 Å². The fraction of sp³-hybridized carbons (Fsp3) is 0.667. The average molecular weight is 240 g/mol. The third-order valence-electron chi connectivity index (χ3n) is 2.55. The molecular weight excluding hydrogens is 224 g/mol. The standard InChI is InChI=1S/C9H16N6O2/c1-15-2-3-17-6(5-15)4-11-8(16)7-12-9(10)14-13-7/h6H,2-5H2,1H3,(H,11,16)(H3,10,12,13,14). The highest BCUT2D eigenvalue weighted by Crippen LogP contribution is 2.02. The summed E-state index contributed by atoms with van der Waals surface area (Å²) in [6, 6.07) is 0. The Kier molecular flexibility index (Phi) is 3.55. The van der Waals surface area contributed by atoms with E-state index in [2.05, 4.69) is 25.4 Å². The molecule has 1 unspecified atom stereocenters. The zero-order chi connectivity index (χ0) is 12.3. The number of ether oxygens (including phenoxy) is 1. The van der Waals surface area contributed by atoms with Crippen molar-refractivity contribution in [3.8, 4) is 0 Å². The highest BCUT2D eigenvalue weighted by atomic mass is 16.5. The zero-order valence-corrected chi connectivity index (χ0v) is 9.64. The van der Waals surface area contributed by atoms with Crippen molar-refractivity contribution < 1.29 is 9.53 Å². The Morgan fingerprint density at radius 2 is 2.59 bits per heavy atom. The summed E-state index contributed by atoms with van der Waals surface area (Å²) < 4.78 is 5.51. The summed E-state index contributed by atoms with van der Waals surface area (Å²) >= 11 is 0. The van der Waals surface area contributed by atoms with Gasteiger partial charge in [0.25, 0.3) is 5.91 Å². The van der Waals surface area contributed by atoms with Gasteiger partial charge in [-0.25, -0.2) is 0 Å². The predicted octanol–water partition coefficient (Wildman–Crippen LogP) is -1.55. The lowest BCUT2D eigenvalue weighted by Crippen LogP contribution is -2.46. The number of nitrogens with zero attached hydrogens (tertiary/aromatic N) is 3. The molecule has 0 radical (unpaired) electrons. The molecule has 8 heteroatoms. The van der Waals surface area contributed by atoms with Crippen molar-refractivity contribution in [2.75, 3.05) is 39.0 Å². The summed E-state index contributed by atoms with van der Waals surface area (Å²) in [5, 5.41) is 8.76. The lowest BCUT2D eigenvalue weighted by Gasteiger charge is -2.29.